The van der Waals surface area contributed by atoms with Crippen LogP contribution in [0.4, 0.5) is 0 Å². The monoisotopic (exact) mass is 404 g/mol. The van der Waals surface area contributed by atoms with Gasteiger partial charge >= 0.3 is 5.97 Å². The third kappa shape index (κ3) is 3.97. The van der Waals surface area contributed by atoms with E-state index in [-0.39, 0.29) is 11.9 Å². The lowest BCUT2D eigenvalue weighted by molar-refractivity contribution is -0.141. The predicted octanol–water partition coefficient (Wildman–Crippen LogP) is 4.28. The number of carbonyl (C=O) groups excluding carboxylic acids is 1. The molecule has 5 heteroatoms. The minimum atomic E-state index is -0.794. The van der Waals surface area contributed by atoms with Gasteiger partial charge in [0.1, 0.15) is 6.04 Å². The molecule has 0 radical (unpaired) electrons. The lowest BCUT2D eigenvalue weighted by atomic mass is 9.91. The average Bonchev–Trinajstić information content (AvgIpc) is 3.07. The van der Waals surface area contributed by atoms with Crippen molar-refractivity contribution >= 4 is 22.8 Å². The number of carboxylic acids is 1. The standard InChI is InChI=1S/C25H28N2O3/c1-2-21(25(29)30)27-22-11-7-6-10-19(22)20-16-18(13-14-23(20)27)26-24(28)15-12-17-8-4-3-5-9-17/h3-11,18,21H,2,12-16H2,1H3,(H,26,28)(H,29,30)/t18-,21?/m1/s1. The number of nitrogens with one attached hydrogen (secondary N) is 1. The molecule has 0 aliphatic heterocycles. The maximum Gasteiger partial charge on any atom is 0.326 e. The second-order valence-electron chi connectivity index (χ2n) is 8.07. The molecule has 2 aromatic carbocycles. The summed E-state index contributed by atoms with van der Waals surface area (Å²) in [6.45, 7) is 1.92. The summed E-state index contributed by atoms with van der Waals surface area (Å²) in [5, 5.41) is 14.1. The zero-order valence-corrected chi connectivity index (χ0v) is 17.3. The van der Waals surface area contributed by atoms with Gasteiger partial charge in [-0.2, -0.15) is 0 Å². The van der Waals surface area contributed by atoms with E-state index in [0.717, 1.165) is 42.3 Å². The number of hydrogen-bond donors (Lipinski definition) is 2. The Morgan fingerprint density at radius 1 is 1.13 bits per heavy atom. The number of amides is 1. The second kappa shape index (κ2) is 8.74. The van der Waals surface area contributed by atoms with E-state index in [1.165, 1.54) is 11.1 Å². The molecule has 1 aliphatic carbocycles. The number of carbonyl (C=O) groups is 2. The van der Waals surface area contributed by atoms with Crippen molar-refractivity contribution in [2.45, 2.75) is 57.5 Å². The van der Waals surface area contributed by atoms with Crippen molar-refractivity contribution in [3.8, 4) is 0 Å². The van der Waals surface area contributed by atoms with Gasteiger partial charge in [-0.1, -0.05) is 55.5 Å². The molecule has 0 fully saturated rings. The van der Waals surface area contributed by atoms with Crippen molar-refractivity contribution in [3.63, 3.8) is 0 Å². The van der Waals surface area contributed by atoms with E-state index in [0.29, 0.717) is 12.8 Å². The Hall–Kier alpha value is -3.08. The number of aryl methyl sites for hydroxylation is 1. The highest BCUT2D eigenvalue weighted by Gasteiger charge is 2.30. The first-order chi connectivity index (χ1) is 14.6. The fourth-order valence-corrected chi connectivity index (χ4v) is 4.69. The normalized spacial score (nSPS) is 16.8. The summed E-state index contributed by atoms with van der Waals surface area (Å²) < 4.78 is 2.01. The quantitative estimate of drug-likeness (QED) is 0.617. The fraction of sp³-hybridized carbons (Fsp3) is 0.360. The molecule has 1 aromatic heterocycles. The highest BCUT2D eigenvalue weighted by Crippen LogP contribution is 2.35. The Morgan fingerprint density at radius 2 is 1.87 bits per heavy atom. The lowest BCUT2D eigenvalue weighted by Crippen LogP contribution is -2.39. The zero-order valence-electron chi connectivity index (χ0n) is 17.3. The summed E-state index contributed by atoms with van der Waals surface area (Å²) in [6.07, 6.45) is 4.11. The molecule has 3 aromatic rings. The molecule has 30 heavy (non-hydrogen) atoms. The Bertz CT molecular complexity index is 1050. The molecule has 5 nitrogen and oxygen atoms in total. The van der Waals surface area contributed by atoms with Crippen LogP contribution in [0.25, 0.3) is 10.9 Å². The fourth-order valence-electron chi connectivity index (χ4n) is 4.69. The van der Waals surface area contributed by atoms with E-state index in [1.54, 1.807) is 0 Å². The van der Waals surface area contributed by atoms with E-state index in [1.807, 2.05) is 60.0 Å². The second-order valence-corrected chi connectivity index (χ2v) is 8.07. The number of carboxylic acid groups (broad SMARTS) is 1. The van der Waals surface area contributed by atoms with Gasteiger partial charge in [0.15, 0.2) is 0 Å². The van der Waals surface area contributed by atoms with E-state index < -0.39 is 12.0 Å². The van der Waals surface area contributed by atoms with Crippen LogP contribution in [0.5, 0.6) is 0 Å². The first-order valence-electron chi connectivity index (χ1n) is 10.7. The summed E-state index contributed by atoms with van der Waals surface area (Å²) in [7, 11) is 0. The SMILES string of the molecule is CCC(C(=O)O)n1c2c(c3ccccc31)C[C@H](NC(=O)CCc1ccccc1)CC2. The molecule has 2 atom stereocenters. The molecular weight excluding hydrogens is 376 g/mol. The zero-order chi connectivity index (χ0) is 21.1. The Morgan fingerprint density at radius 3 is 2.60 bits per heavy atom. The van der Waals surface area contributed by atoms with Crippen LogP contribution in [-0.2, 0) is 28.9 Å². The first-order valence-corrected chi connectivity index (χ1v) is 10.7. The number of nitrogens with zero attached hydrogens (tertiary/aromatic N) is 1. The summed E-state index contributed by atoms with van der Waals surface area (Å²) in [5.74, 6) is -0.717. The smallest absolute Gasteiger partial charge is 0.326 e. The van der Waals surface area contributed by atoms with Crippen LogP contribution in [0.3, 0.4) is 0 Å². The summed E-state index contributed by atoms with van der Waals surface area (Å²) in [5.41, 5.74) is 4.44. The number of fused-ring (bicyclic) bond motifs is 3. The Balaban J connectivity index is 1.52. The molecule has 1 unspecified atom stereocenters. The third-order valence-electron chi connectivity index (χ3n) is 6.14. The molecule has 4 rings (SSSR count). The van der Waals surface area contributed by atoms with E-state index in [2.05, 4.69) is 11.4 Å². The van der Waals surface area contributed by atoms with Crippen LogP contribution in [-0.4, -0.2) is 27.6 Å². The topological polar surface area (TPSA) is 71.3 Å². The van der Waals surface area contributed by atoms with Crippen molar-refractivity contribution in [2.24, 2.45) is 0 Å². The van der Waals surface area contributed by atoms with Gasteiger partial charge in [-0.05, 0) is 49.3 Å². The average molecular weight is 405 g/mol. The van der Waals surface area contributed by atoms with Gasteiger partial charge in [-0.3, -0.25) is 4.79 Å². The first kappa shape index (κ1) is 20.2. The van der Waals surface area contributed by atoms with Crippen molar-refractivity contribution in [1.29, 1.82) is 0 Å². The highest BCUT2D eigenvalue weighted by molar-refractivity contribution is 5.88. The van der Waals surface area contributed by atoms with Crippen molar-refractivity contribution < 1.29 is 14.7 Å². The van der Waals surface area contributed by atoms with Crippen molar-refractivity contribution in [3.05, 3.63) is 71.4 Å². The molecule has 1 amide bonds. The molecule has 0 spiro atoms. The van der Waals surface area contributed by atoms with Crippen LogP contribution in [0, 0.1) is 0 Å². The third-order valence-corrected chi connectivity index (χ3v) is 6.14. The van der Waals surface area contributed by atoms with Gasteiger partial charge in [-0.15, -0.1) is 0 Å². The Labute approximate surface area is 176 Å². The maximum absolute atomic E-state index is 12.5. The minimum Gasteiger partial charge on any atom is -0.480 e. The molecule has 156 valence electrons. The largest absolute Gasteiger partial charge is 0.480 e. The molecule has 0 saturated heterocycles. The van der Waals surface area contributed by atoms with Crippen LogP contribution in [0.15, 0.2) is 54.6 Å². The molecule has 0 bridgehead atoms. The van der Waals surface area contributed by atoms with Crippen LogP contribution >= 0.6 is 0 Å². The lowest BCUT2D eigenvalue weighted by Gasteiger charge is -2.26. The predicted molar refractivity (Wildman–Crippen MR) is 118 cm³/mol. The summed E-state index contributed by atoms with van der Waals surface area (Å²) in [6, 6.07) is 17.6. The number of aromatic nitrogens is 1. The molecular formula is C25H28N2O3. The molecule has 2 N–H and O–H groups in total. The highest BCUT2D eigenvalue weighted by atomic mass is 16.4. The van der Waals surface area contributed by atoms with Crippen molar-refractivity contribution in [2.75, 3.05) is 0 Å². The summed E-state index contributed by atoms with van der Waals surface area (Å²) >= 11 is 0. The van der Waals surface area contributed by atoms with E-state index in [9.17, 15) is 14.7 Å². The van der Waals surface area contributed by atoms with E-state index in [4.69, 9.17) is 0 Å². The van der Waals surface area contributed by atoms with Crippen LogP contribution in [0.2, 0.25) is 0 Å². The summed E-state index contributed by atoms with van der Waals surface area (Å²) in [4.78, 5) is 24.4. The Kier molecular flexibility index (Phi) is 5.88. The van der Waals surface area contributed by atoms with Gasteiger partial charge in [0, 0.05) is 29.1 Å². The molecule has 0 saturated carbocycles. The number of hydrogen-bond acceptors (Lipinski definition) is 2. The van der Waals surface area contributed by atoms with Gasteiger partial charge < -0.3 is 15.0 Å². The van der Waals surface area contributed by atoms with Crippen LogP contribution in [0.1, 0.15) is 49.0 Å². The van der Waals surface area contributed by atoms with Gasteiger partial charge in [0.2, 0.25) is 5.91 Å². The van der Waals surface area contributed by atoms with E-state index >= 15 is 0 Å². The number of benzene rings is 2. The van der Waals surface area contributed by atoms with Gasteiger partial charge in [-0.25, -0.2) is 4.79 Å². The number of para-hydroxylation sites is 1. The number of rotatable bonds is 7. The number of aliphatic carboxylic acids is 1. The molecule has 1 heterocycles. The maximum atomic E-state index is 12.5. The van der Waals surface area contributed by atoms with Crippen molar-refractivity contribution in [1.82, 2.24) is 9.88 Å². The minimum absolute atomic E-state index is 0.0769. The van der Waals surface area contributed by atoms with Gasteiger partial charge in [0.05, 0.1) is 0 Å². The van der Waals surface area contributed by atoms with Gasteiger partial charge in [0.25, 0.3) is 0 Å². The molecule has 1 aliphatic rings. The van der Waals surface area contributed by atoms with Crippen LogP contribution < -0.4 is 5.32 Å².